The Bertz CT molecular complexity index is 743. The van der Waals surface area contributed by atoms with Crippen molar-refractivity contribution < 1.29 is 34.3 Å². The van der Waals surface area contributed by atoms with Crippen LogP contribution in [0.15, 0.2) is 24.3 Å². The lowest BCUT2D eigenvalue weighted by atomic mass is 10.1. The van der Waals surface area contributed by atoms with Crippen molar-refractivity contribution in [1.82, 2.24) is 0 Å². The SMILES string of the molecule is COc1cc(CO)c(Oc2cc(C)cc(O)c2C(=O)O)c(OC)c1. The van der Waals surface area contributed by atoms with Gasteiger partial charge in [-0.15, -0.1) is 0 Å². The summed E-state index contributed by atoms with van der Waals surface area (Å²) in [5.41, 5.74) is 0.594. The summed E-state index contributed by atoms with van der Waals surface area (Å²) in [5.74, 6) is -0.938. The molecule has 0 radical (unpaired) electrons. The Labute approximate surface area is 138 Å². The van der Waals surface area contributed by atoms with Crippen molar-refractivity contribution in [2.45, 2.75) is 13.5 Å². The number of aryl methyl sites for hydroxylation is 1. The van der Waals surface area contributed by atoms with E-state index in [9.17, 15) is 20.1 Å². The van der Waals surface area contributed by atoms with Crippen molar-refractivity contribution in [3.05, 3.63) is 41.0 Å². The van der Waals surface area contributed by atoms with E-state index in [0.717, 1.165) is 0 Å². The van der Waals surface area contributed by atoms with Gasteiger partial charge in [0.15, 0.2) is 11.5 Å². The molecule has 0 heterocycles. The average molecular weight is 334 g/mol. The highest BCUT2D eigenvalue weighted by molar-refractivity contribution is 5.94. The molecular formula is C17H18O7. The molecule has 2 aromatic rings. The van der Waals surface area contributed by atoms with Crippen molar-refractivity contribution in [1.29, 1.82) is 0 Å². The zero-order valence-corrected chi connectivity index (χ0v) is 13.5. The molecule has 0 aliphatic heterocycles. The third kappa shape index (κ3) is 3.36. The van der Waals surface area contributed by atoms with Gasteiger partial charge >= 0.3 is 5.97 Å². The maximum atomic E-state index is 11.4. The number of hydrogen-bond acceptors (Lipinski definition) is 6. The summed E-state index contributed by atoms with van der Waals surface area (Å²) in [5, 5.41) is 28.8. The van der Waals surface area contributed by atoms with Crippen LogP contribution >= 0.6 is 0 Å². The Balaban J connectivity index is 2.62. The molecule has 0 unspecified atom stereocenters. The quantitative estimate of drug-likeness (QED) is 0.746. The van der Waals surface area contributed by atoms with E-state index >= 15 is 0 Å². The number of rotatable bonds is 6. The van der Waals surface area contributed by atoms with Crippen LogP contribution in [-0.4, -0.2) is 35.5 Å². The largest absolute Gasteiger partial charge is 0.507 e. The van der Waals surface area contributed by atoms with Crippen LogP contribution < -0.4 is 14.2 Å². The van der Waals surface area contributed by atoms with E-state index in [0.29, 0.717) is 16.9 Å². The molecule has 128 valence electrons. The fraction of sp³-hybridized carbons (Fsp3) is 0.235. The van der Waals surface area contributed by atoms with Crippen LogP contribution in [0.1, 0.15) is 21.5 Å². The second-order valence-electron chi connectivity index (χ2n) is 5.04. The molecule has 0 atom stereocenters. The van der Waals surface area contributed by atoms with E-state index in [-0.39, 0.29) is 29.4 Å². The lowest BCUT2D eigenvalue weighted by molar-refractivity contribution is 0.0690. The number of aromatic carboxylic acids is 1. The number of methoxy groups -OCH3 is 2. The molecule has 0 bridgehead atoms. The topological polar surface area (TPSA) is 105 Å². The summed E-state index contributed by atoms with van der Waals surface area (Å²) in [4.78, 5) is 11.4. The third-order valence-electron chi connectivity index (χ3n) is 3.38. The van der Waals surface area contributed by atoms with E-state index in [4.69, 9.17) is 14.2 Å². The first kappa shape index (κ1) is 17.4. The predicted molar refractivity (Wildman–Crippen MR) is 85.3 cm³/mol. The normalized spacial score (nSPS) is 10.3. The number of carboxylic acid groups (broad SMARTS) is 1. The minimum Gasteiger partial charge on any atom is -0.507 e. The summed E-state index contributed by atoms with van der Waals surface area (Å²) < 4.78 is 16.1. The number of aliphatic hydroxyl groups is 1. The maximum absolute atomic E-state index is 11.4. The Morgan fingerprint density at radius 2 is 1.79 bits per heavy atom. The standard InChI is InChI=1S/C17H18O7/c1-9-4-12(19)15(17(20)21)13(5-9)24-16-10(8-18)6-11(22-2)7-14(16)23-3/h4-7,18-19H,8H2,1-3H3,(H,20,21). The summed E-state index contributed by atoms with van der Waals surface area (Å²) in [6, 6.07) is 5.90. The number of aromatic hydroxyl groups is 1. The van der Waals surface area contributed by atoms with Gasteiger partial charge in [-0.1, -0.05) is 0 Å². The number of ether oxygens (including phenoxy) is 3. The highest BCUT2D eigenvalue weighted by Crippen LogP contribution is 2.41. The number of phenols is 1. The Kier molecular flexibility index (Phi) is 5.15. The number of aliphatic hydroxyl groups excluding tert-OH is 1. The zero-order chi connectivity index (χ0) is 17.9. The first-order chi connectivity index (χ1) is 11.4. The molecule has 0 amide bonds. The van der Waals surface area contributed by atoms with Gasteiger partial charge in [0, 0.05) is 11.6 Å². The third-order valence-corrected chi connectivity index (χ3v) is 3.38. The summed E-state index contributed by atoms with van der Waals surface area (Å²) in [6.07, 6.45) is 0. The molecule has 2 aromatic carbocycles. The Morgan fingerprint density at radius 1 is 1.08 bits per heavy atom. The smallest absolute Gasteiger partial charge is 0.343 e. The lowest BCUT2D eigenvalue weighted by Crippen LogP contribution is -2.04. The summed E-state index contributed by atoms with van der Waals surface area (Å²) in [6.45, 7) is 1.32. The van der Waals surface area contributed by atoms with Gasteiger partial charge in [0.2, 0.25) is 0 Å². The summed E-state index contributed by atoms with van der Waals surface area (Å²) >= 11 is 0. The molecule has 7 nitrogen and oxygen atoms in total. The molecule has 0 aromatic heterocycles. The molecule has 0 fully saturated rings. The van der Waals surface area contributed by atoms with Gasteiger partial charge in [0.1, 0.15) is 22.8 Å². The average Bonchev–Trinajstić information content (AvgIpc) is 2.53. The molecule has 0 spiro atoms. The van der Waals surface area contributed by atoms with Crippen molar-refractivity contribution in [2.24, 2.45) is 0 Å². The zero-order valence-electron chi connectivity index (χ0n) is 13.5. The molecule has 0 aliphatic rings. The monoisotopic (exact) mass is 334 g/mol. The highest BCUT2D eigenvalue weighted by atomic mass is 16.5. The van der Waals surface area contributed by atoms with Crippen LogP contribution in [0.2, 0.25) is 0 Å². The van der Waals surface area contributed by atoms with Gasteiger partial charge in [-0.2, -0.15) is 0 Å². The molecular weight excluding hydrogens is 316 g/mol. The number of benzene rings is 2. The molecule has 0 aliphatic carbocycles. The Hall–Kier alpha value is -2.93. The minimum absolute atomic E-state index is 0.0573. The van der Waals surface area contributed by atoms with Gasteiger partial charge in [0.05, 0.1) is 20.8 Å². The maximum Gasteiger partial charge on any atom is 0.343 e. The minimum atomic E-state index is -1.33. The van der Waals surface area contributed by atoms with Crippen molar-refractivity contribution in [3.63, 3.8) is 0 Å². The molecule has 24 heavy (non-hydrogen) atoms. The van der Waals surface area contributed by atoms with Crippen molar-refractivity contribution in [2.75, 3.05) is 14.2 Å². The number of hydrogen-bond donors (Lipinski definition) is 3. The molecule has 0 saturated carbocycles. The second kappa shape index (κ2) is 7.10. The van der Waals surface area contributed by atoms with Crippen molar-refractivity contribution >= 4 is 5.97 Å². The van der Waals surface area contributed by atoms with E-state index < -0.39 is 11.7 Å². The first-order valence-electron chi connectivity index (χ1n) is 7.01. The Morgan fingerprint density at radius 3 is 2.33 bits per heavy atom. The van der Waals surface area contributed by atoms with Gasteiger partial charge in [-0.3, -0.25) is 0 Å². The van der Waals surface area contributed by atoms with E-state index in [1.165, 1.54) is 26.4 Å². The van der Waals surface area contributed by atoms with Crippen molar-refractivity contribution in [3.8, 4) is 28.7 Å². The number of carbonyl (C=O) groups is 1. The van der Waals surface area contributed by atoms with E-state index in [1.807, 2.05) is 0 Å². The van der Waals surface area contributed by atoms with Crippen LogP contribution in [0.25, 0.3) is 0 Å². The second-order valence-corrected chi connectivity index (χ2v) is 5.04. The first-order valence-corrected chi connectivity index (χ1v) is 7.01. The van der Waals surface area contributed by atoms with Crippen LogP contribution in [-0.2, 0) is 6.61 Å². The van der Waals surface area contributed by atoms with Crippen LogP contribution in [0.4, 0.5) is 0 Å². The fourth-order valence-electron chi connectivity index (χ4n) is 2.27. The van der Waals surface area contributed by atoms with Gasteiger partial charge < -0.3 is 29.5 Å². The summed E-state index contributed by atoms with van der Waals surface area (Å²) in [7, 11) is 2.88. The molecule has 0 saturated heterocycles. The van der Waals surface area contributed by atoms with Crippen LogP contribution in [0.5, 0.6) is 28.7 Å². The highest BCUT2D eigenvalue weighted by Gasteiger charge is 2.21. The molecule has 7 heteroatoms. The van der Waals surface area contributed by atoms with Gasteiger partial charge in [-0.25, -0.2) is 4.79 Å². The van der Waals surface area contributed by atoms with Gasteiger partial charge in [-0.05, 0) is 30.7 Å². The van der Waals surface area contributed by atoms with Gasteiger partial charge in [0.25, 0.3) is 0 Å². The van der Waals surface area contributed by atoms with Crippen LogP contribution in [0.3, 0.4) is 0 Å². The lowest BCUT2D eigenvalue weighted by Gasteiger charge is -2.17. The van der Waals surface area contributed by atoms with E-state index in [2.05, 4.69) is 0 Å². The number of carboxylic acids is 1. The van der Waals surface area contributed by atoms with E-state index in [1.54, 1.807) is 19.1 Å². The predicted octanol–water partition coefficient (Wildman–Crippen LogP) is 2.70. The molecule has 3 N–H and O–H groups in total. The fourth-order valence-corrected chi connectivity index (χ4v) is 2.27. The van der Waals surface area contributed by atoms with Crippen LogP contribution in [0, 0.1) is 6.92 Å². The molecule has 2 rings (SSSR count).